The molecular weight excluding hydrogens is 633 g/mol. The summed E-state index contributed by atoms with van der Waals surface area (Å²) in [5, 5.41) is 15.1. The van der Waals surface area contributed by atoms with Crippen molar-refractivity contribution in [2.24, 2.45) is 0 Å². The fourth-order valence-electron chi connectivity index (χ4n) is 5.86. The molecule has 0 bridgehead atoms. The first-order valence-corrected chi connectivity index (χ1v) is 16.1. The second kappa shape index (κ2) is 13.5. The van der Waals surface area contributed by atoms with Crippen LogP contribution in [0.3, 0.4) is 0 Å². The quantitative estimate of drug-likeness (QED) is 0.213. The number of para-hydroxylation sites is 1. The molecule has 2 atom stereocenters. The highest BCUT2D eigenvalue weighted by molar-refractivity contribution is 8.00. The van der Waals surface area contributed by atoms with Gasteiger partial charge in [0.25, 0.3) is 11.8 Å². The van der Waals surface area contributed by atoms with Crippen LogP contribution in [0.4, 0.5) is 10.1 Å². The fourth-order valence-corrected chi connectivity index (χ4v) is 7.19. The maximum Gasteiger partial charge on any atom is 0.352 e. The molecule has 6 rings (SSSR count). The zero-order valence-electron chi connectivity index (χ0n) is 25.4. The molecule has 1 aromatic heterocycles. The monoisotopic (exact) mass is 665 g/mol. The molecule has 4 heterocycles. The molecule has 3 aliphatic heterocycles. The normalized spacial score (nSPS) is 19.2. The number of amides is 2. The number of hydrogen-bond acceptors (Lipinski definition) is 10. The van der Waals surface area contributed by atoms with Crippen LogP contribution in [0.1, 0.15) is 17.3 Å². The van der Waals surface area contributed by atoms with E-state index < -0.39 is 53.0 Å². The van der Waals surface area contributed by atoms with Crippen molar-refractivity contribution in [1.82, 2.24) is 20.1 Å². The Morgan fingerprint density at radius 3 is 2.57 bits per heavy atom. The number of fused-ring (bicyclic) bond motifs is 2. The molecule has 0 aliphatic carbocycles. The lowest BCUT2D eigenvalue weighted by atomic mass is 10.0. The van der Waals surface area contributed by atoms with Gasteiger partial charge in [-0.15, -0.1) is 11.8 Å². The van der Waals surface area contributed by atoms with E-state index in [9.17, 15) is 29.1 Å². The van der Waals surface area contributed by atoms with Crippen molar-refractivity contribution in [2.75, 3.05) is 50.0 Å². The van der Waals surface area contributed by atoms with Crippen LogP contribution in [-0.2, 0) is 25.7 Å². The molecule has 3 N–H and O–H groups in total. The van der Waals surface area contributed by atoms with E-state index in [1.165, 1.54) is 18.0 Å². The van der Waals surface area contributed by atoms with Crippen LogP contribution in [0, 0.1) is 5.82 Å². The second-order valence-electron chi connectivity index (χ2n) is 11.1. The molecule has 2 fully saturated rings. The Kier molecular flexibility index (Phi) is 9.18. The zero-order chi connectivity index (χ0) is 33.2. The minimum absolute atomic E-state index is 0.0209. The molecule has 0 unspecified atom stereocenters. The number of pyridine rings is 1. The Balaban J connectivity index is 1.16. The number of aromatic nitrogens is 1. The van der Waals surface area contributed by atoms with Crippen LogP contribution < -0.4 is 25.7 Å². The number of piperazine rings is 1. The number of hydrogen-bond donors (Lipinski definition) is 3. The molecule has 246 valence electrons. The molecule has 2 aromatic carbocycles. The summed E-state index contributed by atoms with van der Waals surface area (Å²) >= 11 is 1.21. The predicted octanol–water partition coefficient (Wildman–Crippen LogP) is 1.54. The van der Waals surface area contributed by atoms with E-state index in [-0.39, 0.29) is 34.6 Å². The third-order valence-corrected chi connectivity index (χ3v) is 9.56. The van der Waals surface area contributed by atoms with Gasteiger partial charge >= 0.3 is 11.9 Å². The summed E-state index contributed by atoms with van der Waals surface area (Å²) in [5.41, 5.74) is -0.378. The Morgan fingerprint density at radius 2 is 1.87 bits per heavy atom. The number of thioether (sulfide) groups is 1. The van der Waals surface area contributed by atoms with Gasteiger partial charge in [0.05, 0.1) is 11.2 Å². The van der Waals surface area contributed by atoms with E-state index in [1.807, 2.05) is 11.8 Å². The molecular formula is C32H32FN5O8S. The Hall–Kier alpha value is -4.89. The number of rotatable bonds is 10. The number of nitrogens with one attached hydrogen (secondary N) is 2. The van der Waals surface area contributed by atoms with Crippen molar-refractivity contribution >= 4 is 52.1 Å². The number of esters is 1. The number of halogens is 1. The zero-order valence-corrected chi connectivity index (χ0v) is 26.2. The van der Waals surface area contributed by atoms with E-state index in [2.05, 4.69) is 10.6 Å². The number of carbonyl (C=O) groups is 4. The Labute approximate surface area is 272 Å². The SMILES string of the molecule is CCn1cc(C(=O)OCC2=C(C(=O)O)N3C(=O)[C@@H](NC(=O)COc4ccccc4)[C@H]3SC2)c(=O)c2cc(F)c(N3CCNCC3)cc21. The minimum atomic E-state index is -1.40. The van der Waals surface area contributed by atoms with Gasteiger partial charge in [0, 0.05) is 55.6 Å². The lowest BCUT2D eigenvalue weighted by molar-refractivity contribution is -0.151. The summed E-state index contributed by atoms with van der Waals surface area (Å²) in [5.74, 6) is -3.58. The summed E-state index contributed by atoms with van der Waals surface area (Å²) in [6.45, 7) is 4.01. The van der Waals surface area contributed by atoms with Crippen molar-refractivity contribution < 1.29 is 38.1 Å². The van der Waals surface area contributed by atoms with Crippen molar-refractivity contribution in [3.63, 3.8) is 0 Å². The molecule has 0 saturated carbocycles. The van der Waals surface area contributed by atoms with Gasteiger partial charge < -0.3 is 34.7 Å². The van der Waals surface area contributed by atoms with Crippen molar-refractivity contribution in [3.8, 4) is 5.75 Å². The first kappa shape index (κ1) is 32.1. The lowest BCUT2D eigenvalue weighted by Crippen LogP contribution is -2.71. The van der Waals surface area contributed by atoms with Crippen LogP contribution in [0.2, 0.25) is 0 Å². The van der Waals surface area contributed by atoms with Crippen molar-refractivity contribution in [1.29, 1.82) is 0 Å². The summed E-state index contributed by atoms with van der Waals surface area (Å²) in [4.78, 5) is 67.2. The maximum atomic E-state index is 15.2. The first-order chi connectivity index (χ1) is 22.7. The van der Waals surface area contributed by atoms with Gasteiger partial charge in [-0.25, -0.2) is 14.0 Å². The molecule has 3 aliphatic rings. The van der Waals surface area contributed by atoms with Crippen LogP contribution in [0.15, 0.2) is 64.7 Å². The number of nitrogens with zero attached hydrogens (tertiary/aromatic N) is 3. The summed E-state index contributed by atoms with van der Waals surface area (Å²) < 4.78 is 27.7. The minimum Gasteiger partial charge on any atom is -0.484 e. The van der Waals surface area contributed by atoms with Gasteiger partial charge in [-0.05, 0) is 31.2 Å². The molecule has 2 amide bonds. The Bertz CT molecular complexity index is 1840. The van der Waals surface area contributed by atoms with E-state index in [0.29, 0.717) is 49.7 Å². The first-order valence-electron chi connectivity index (χ1n) is 15.0. The van der Waals surface area contributed by atoms with E-state index in [4.69, 9.17) is 9.47 Å². The number of carbonyl (C=O) groups excluding carboxylic acids is 3. The van der Waals surface area contributed by atoms with Crippen LogP contribution in [-0.4, -0.2) is 94.9 Å². The third kappa shape index (κ3) is 6.27. The average molecular weight is 666 g/mol. The van der Waals surface area contributed by atoms with Gasteiger partial charge in [-0.2, -0.15) is 0 Å². The smallest absolute Gasteiger partial charge is 0.352 e. The molecule has 15 heteroatoms. The number of anilines is 1. The molecule has 13 nitrogen and oxygen atoms in total. The molecule has 2 saturated heterocycles. The topological polar surface area (TPSA) is 160 Å². The van der Waals surface area contributed by atoms with Crippen molar-refractivity contribution in [2.45, 2.75) is 24.9 Å². The van der Waals surface area contributed by atoms with E-state index >= 15 is 4.39 Å². The number of ether oxygens (including phenoxy) is 2. The van der Waals surface area contributed by atoms with Gasteiger partial charge in [0.1, 0.15) is 40.8 Å². The van der Waals surface area contributed by atoms with E-state index in [1.54, 1.807) is 41.0 Å². The average Bonchev–Trinajstić information content (AvgIpc) is 3.09. The fraction of sp³-hybridized carbons (Fsp3) is 0.344. The standard InChI is InChI=1S/C32H32FN5O8S/c1-2-36-14-21(28(40)20-12-22(33)24(13-23(20)36)37-10-8-34-9-11-37)32(44)46-15-18-17-47-30-26(29(41)38(30)27(18)31(42)43)35-25(39)16-45-19-6-4-3-5-7-19/h3-7,12-14,26,30,34H,2,8-11,15-17H2,1H3,(H,35,39)(H,42,43)/t26-,30-/m1/s1. The highest BCUT2D eigenvalue weighted by atomic mass is 32.2. The van der Waals surface area contributed by atoms with Crippen LogP contribution in [0.5, 0.6) is 5.75 Å². The summed E-state index contributed by atoms with van der Waals surface area (Å²) in [6.07, 6.45) is 1.36. The van der Waals surface area contributed by atoms with Gasteiger partial charge in [-0.1, -0.05) is 18.2 Å². The molecule has 0 radical (unpaired) electrons. The number of aryl methyl sites for hydroxylation is 1. The molecule has 0 spiro atoms. The van der Waals surface area contributed by atoms with Crippen LogP contribution in [0.25, 0.3) is 10.9 Å². The second-order valence-corrected chi connectivity index (χ2v) is 12.2. The molecule has 47 heavy (non-hydrogen) atoms. The number of carboxylic acid groups (broad SMARTS) is 1. The summed E-state index contributed by atoms with van der Waals surface area (Å²) in [6, 6.07) is 10.5. The Morgan fingerprint density at radius 1 is 1.13 bits per heavy atom. The molecule has 3 aromatic rings. The number of aliphatic carboxylic acids is 1. The van der Waals surface area contributed by atoms with Gasteiger partial charge in [0.15, 0.2) is 6.61 Å². The number of β-lactam (4-membered cyclic amide) rings is 1. The number of carboxylic acids is 1. The maximum absolute atomic E-state index is 15.2. The lowest BCUT2D eigenvalue weighted by Gasteiger charge is -2.49. The van der Waals surface area contributed by atoms with Crippen LogP contribution >= 0.6 is 11.8 Å². The van der Waals surface area contributed by atoms with Gasteiger partial charge in [0.2, 0.25) is 5.43 Å². The highest BCUT2D eigenvalue weighted by Crippen LogP contribution is 2.40. The third-order valence-electron chi connectivity index (χ3n) is 8.22. The largest absolute Gasteiger partial charge is 0.484 e. The predicted molar refractivity (Wildman–Crippen MR) is 171 cm³/mol. The van der Waals surface area contributed by atoms with E-state index in [0.717, 1.165) is 11.0 Å². The highest BCUT2D eigenvalue weighted by Gasteiger charge is 2.54. The summed E-state index contributed by atoms with van der Waals surface area (Å²) in [7, 11) is 0. The van der Waals surface area contributed by atoms with Crippen molar-refractivity contribution in [3.05, 3.63) is 81.5 Å². The number of benzene rings is 2. The van der Waals surface area contributed by atoms with Gasteiger partial charge in [-0.3, -0.25) is 19.3 Å².